The fourth-order valence-corrected chi connectivity index (χ4v) is 2.40. The maximum Gasteiger partial charge on any atom is 0.191 e. The van der Waals surface area contributed by atoms with E-state index in [0.717, 1.165) is 35.7 Å². The molecule has 0 fully saturated rings. The van der Waals surface area contributed by atoms with Crippen LogP contribution in [0.5, 0.6) is 0 Å². The van der Waals surface area contributed by atoms with Gasteiger partial charge in [-0.25, -0.2) is 0 Å². The van der Waals surface area contributed by atoms with E-state index in [2.05, 4.69) is 28.6 Å². The topological polar surface area (TPSA) is 68.0 Å². The lowest BCUT2D eigenvalue weighted by atomic mass is 10.1. The van der Waals surface area contributed by atoms with Gasteiger partial charge in [-0.3, -0.25) is 4.99 Å². The van der Waals surface area contributed by atoms with Gasteiger partial charge in [-0.2, -0.15) is 0 Å². The minimum absolute atomic E-state index is 0.602. The van der Waals surface area contributed by atoms with E-state index in [1.54, 1.807) is 14.2 Å². The van der Waals surface area contributed by atoms with Crippen LogP contribution in [0.25, 0.3) is 11.0 Å². The van der Waals surface area contributed by atoms with Crippen molar-refractivity contribution in [1.29, 1.82) is 0 Å². The number of hydrogen-bond acceptors (Lipinski definition) is 4. The van der Waals surface area contributed by atoms with Crippen molar-refractivity contribution in [3.63, 3.8) is 0 Å². The Morgan fingerprint density at radius 3 is 2.75 bits per heavy atom. The van der Waals surface area contributed by atoms with Crippen LogP contribution in [-0.2, 0) is 16.0 Å². The quantitative estimate of drug-likeness (QED) is 0.419. The summed E-state index contributed by atoms with van der Waals surface area (Å²) in [4.78, 5) is 4.23. The second-order valence-corrected chi connectivity index (χ2v) is 5.46. The van der Waals surface area contributed by atoms with Crippen LogP contribution in [0.3, 0.4) is 0 Å². The molecule has 2 rings (SSSR count). The lowest BCUT2D eigenvalue weighted by Crippen LogP contribution is -2.37. The number of methoxy groups -OCH3 is 1. The van der Waals surface area contributed by atoms with Gasteiger partial charge >= 0.3 is 0 Å². The molecule has 24 heavy (non-hydrogen) atoms. The summed E-state index contributed by atoms with van der Waals surface area (Å²) in [6.45, 7) is 5.45. The molecule has 6 heteroatoms. The van der Waals surface area contributed by atoms with Gasteiger partial charge in [-0.1, -0.05) is 18.2 Å². The first-order chi connectivity index (χ1) is 11.8. The number of furan rings is 1. The zero-order valence-corrected chi connectivity index (χ0v) is 14.7. The van der Waals surface area contributed by atoms with Gasteiger partial charge in [-0.05, 0) is 19.4 Å². The molecule has 1 heterocycles. The van der Waals surface area contributed by atoms with E-state index < -0.39 is 0 Å². The number of ether oxygens (including phenoxy) is 2. The number of aryl methyl sites for hydroxylation is 1. The van der Waals surface area contributed by atoms with E-state index in [1.807, 2.05) is 18.2 Å². The molecular formula is C18H27N3O3. The monoisotopic (exact) mass is 333 g/mol. The second kappa shape index (κ2) is 9.95. The van der Waals surface area contributed by atoms with E-state index in [9.17, 15) is 0 Å². The van der Waals surface area contributed by atoms with Crippen LogP contribution in [0.4, 0.5) is 0 Å². The lowest BCUT2D eigenvalue weighted by molar-refractivity contribution is 0.0698. The zero-order valence-electron chi connectivity index (χ0n) is 14.7. The molecule has 0 spiro atoms. The minimum Gasteiger partial charge on any atom is -0.459 e. The number of nitrogens with zero attached hydrogens (tertiary/aromatic N) is 1. The Bertz CT molecular complexity index is 652. The summed E-state index contributed by atoms with van der Waals surface area (Å²) < 4.78 is 16.3. The summed E-state index contributed by atoms with van der Waals surface area (Å²) in [5.74, 6) is 1.69. The van der Waals surface area contributed by atoms with E-state index >= 15 is 0 Å². The highest BCUT2D eigenvalue weighted by molar-refractivity contribution is 5.82. The predicted molar refractivity (Wildman–Crippen MR) is 96.5 cm³/mol. The molecule has 2 aromatic rings. The molecule has 0 aliphatic carbocycles. The van der Waals surface area contributed by atoms with Crippen molar-refractivity contribution in [2.45, 2.75) is 19.9 Å². The van der Waals surface area contributed by atoms with Gasteiger partial charge in [0.25, 0.3) is 0 Å². The smallest absolute Gasteiger partial charge is 0.191 e. The Kier molecular flexibility index (Phi) is 7.58. The zero-order chi connectivity index (χ0) is 17.2. The number of para-hydroxylation sites is 1. The first-order valence-electron chi connectivity index (χ1n) is 8.24. The molecule has 0 saturated heterocycles. The van der Waals surface area contributed by atoms with Gasteiger partial charge in [0.2, 0.25) is 0 Å². The average Bonchev–Trinajstić information content (AvgIpc) is 2.93. The summed E-state index contributed by atoms with van der Waals surface area (Å²) in [6, 6.07) is 8.08. The Balaban J connectivity index is 1.74. The molecule has 0 radical (unpaired) electrons. The average molecular weight is 333 g/mol. The van der Waals surface area contributed by atoms with Crippen LogP contribution in [0, 0.1) is 6.92 Å². The van der Waals surface area contributed by atoms with Gasteiger partial charge in [-0.15, -0.1) is 0 Å². The third-order valence-electron chi connectivity index (χ3n) is 3.77. The fraction of sp³-hybridized carbons (Fsp3) is 0.500. The van der Waals surface area contributed by atoms with Crippen molar-refractivity contribution >= 4 is 16.9 Å². The molecule has 0 amide bonds. The molecule has 0 saturated carbocycles. The number of hydrogen-bond donors (Lipinski definition) is 2. The molecule has 0 aliphatic rings. The molecule has 0 bridgehead atoms. The normalized spacial score (nSPS) is 11.9. The van der Waals surface area contributed by atoms with E-state index in [4.69, 9.17) is 13.9 Å². The van der Waals surface area contributed by atoms with Crippen molar-refractivity contribution in [1.82, 2.24) is 10.6 Å². The van der Waals surface area contributed by atoms with Crippen LogP contribution in [0.2, 0.25) is 0 Å². The number of aliphatic imine (C=N–C) groups is 1. The van der Waals surface area contributed by atoms with Crippen molar-refractivity contribution in [2.75, 3.05) is 40.5 Å². The van der Waals surface area contributed by atoms with Crippen molar-refractivity contribution < 1.29 is 13.9 Å². The summed E-state index contributed by atoms with van der Waals surface area (Å²) >= 11 is 0. The molecule has 0 aliphatic heterocycles. The van der Waals surface area contributed by atoms with Crippen LogP contribution in [-0.4, -0.2) is 46.5 Å². The maximum atomic E-state index is 5.90. The van der Waals surface area contributed by atoms with Crippen molar-refractivity contribution in [3.05, 3.63) is 35.6 Å². The largest absolute Gasteiger partial charge is 0.459 e. The predicted octanol–water partition coefficient (Wildman–Crippen LogP) is 2.46. The molecule has 1 aromatic heterocycles. The van der Waals surface area contributed by atoms with Crippen LogP contribution >= 0.6 is 0 Å². The maximum absolute atomic E-state index is 5.90. The number of guanidine groups is 1. The molecular weight excluding hydrogens is 306 g/mol. The number of fused-ring (bicyclic) bond motifs is 1. The minimum atomic E-state index is 0.602. The van der Waals surface area contributed by atoms with Crippen molar-refractivity contribution in [2.24, 2.45) is 4.99 Å². The standard InChI is InChI=1S/C18H27N3O3/c1-14-15-7-4-5-8-16(15)24-17(14)13-21-18(19-2)20-9-6-10-23-12-11-22-3/h4-5,7-8H,6,9-13H2,1-3H3,(H2,19,20,21). The lowest BCUT2D eigenvalue weighted by Gasteiger charge is -2.11. The highest BCUT2D eigenvalue weighted by atomic mass is 16.5. The highest BCUT2D eigenvalue weighted by Crippen LogP contribution is 2.24. The van der Waals surface area contributed by atoms with Crippen molar-refractivity contribution in [3.8, 4) is 0 Å². The number of rotatable bonds is 9. The Hall–Kier alpha value is -2.05. The van der Waals surface area contributed by atoms with E-state index in [1.165, 1.54) is 5.56 Å². The second-order valence-electron chi connectivity index (χ2n) is 5.46. The summed E-state index contributed by atoms with van der Waals surface area (Å²) in [6.07, 6.45) is 0.911. The van der Waals surface area contributed by atoms with Crippen LogP contribution in [0.1, 0.15) is 17.7 Å². The molecule has 0 atom stereocenters. The van der Waals surface area contributed by atoms with E-state index in [-0.39, 0.29) is 0 Å². The fourth-order valence-electron chi connectivity index (χ4n) is 2.40. The summed E-state index contributed by atoms with van der Waals surface area (Å²) in [7, 11) is 3.43. The first kappa shape index (κ1) is 18.3. The molecule has 0 unspecified atom stereocenters. The highest BCUT2D eigenvalue weighted by Gasteiger charge is 2.10. The third-order valence-corrected chi connectivity index (χ3v) is 3.77. The molecule has 6 nitrogen and oxygen atoms in total. The van der Waals surface area contributed by atoms with Gasteiger partial charge in [0.1, 0.15) is 11.3 Å². The number of benzene rings is 1. The van der Waals surface area contributed by atoms with Crippen LogP contribution in [0.15, 0.2) is 33.7 Å². The van der Waals surface area contributed by atoms with Gasteiger partial charge in [0.05, 0.1) is 19.8 Å². The summed E-state index contributed by atoms with van der Waals surface area (Å²) in [5, 5.41) is 7.71. The Morgan fingerprint density at radius 2 is 2.00 bits per heavy atom. The SMILES string of the molecule is CN=C(NCCCOCCOC)NCc1oc2ccccc2c1C. The first-order valence-corrected chi connectivity index (χ1v) is 8.24. The van der Waals surface area contributed by atoms with Crippen LogP contribution < -0.4 is 10.6 Å². The third kappa shape index (κ3) is 5.25. The Morgan fingerprint density at radius 1 is 1.17 bits per heavy atom. The summed E-state index contributed by atoms with van der Waals surface area (Å²) in [5.41, 5.74) is 2.09. The van der Waals surface area contributed by atoms with Gasteiger partial charge < -0.3 is 24.5 Å². The molecule has 132 valence electrons. The van der Waals surface area contributed by atoms with E-state index in [0.29, 0.717) is 26.4 Å². The molecule has 2 N–H and O–H groups in total. The van der Waals surface area contributed by atoms with Gasteiger partial charge in [0, 0.05) is 38.3 Å². The Labute approximate surface area is 143 Å². The number of nitrogens with one attached hydrogen (secondary N) is 2. The van der Waals surface area contributed by atoms with Gasteiger partial charge in [0.15, 0.2) is 5.96 Å². The molecule has 1 aromatic carbocycles.